The van der Waals surface area contributed by atoms with E-state index in [4.69, 9.17) is 16.3 Å². The van der Waals surface area contributed by atoms with Gasteiger partial charge in [0.2, 0.25) is 11.7 Å². The van der Waals surface area contributed by atoms with Crippen LogP contribution in [-0.2, 0) is 22.5 Å². The van der Waals surface area contributed by atoms with Crippen LogP contribution in [0.15, 0.2) is 29.1 Å². The van der Waals surface area contributed by atoms with Crippen LogP contribution in [0, 0.1) is 5.92 Å². The molecule has 1 heterocycles. The predicted octanol–water partition coefficient (Wildman–Crippen LogP) is 4.75. The fraction of sp³-hybridized carbons (Fsp3) is 0.519. The minimum atomic E-state index is -0.645. The molecular weight excluding hydrogens is 510 g/mol. The Morgan fingerprint density at radius 2 is 1.79 bits per heavy atom. The summed E-state index contributed by atoms with van der Waals surface area (Å²) in [5, 5.41) is 7.90. The van der Waals surface area contributed by atoms with Crippen molar-refractivity contribution >= 4 is 41.0 Å². The van der Waals surface area contributed by atoms with Gasteiger partial charge in [-0.25, -0.2) is 14.6 Å². The van der Waals surface area contributed by atoms with Gasteiger partial charge in [0.05, 0.1) is 24.1 Å². The molecule has 1 aromatic carbocycles. The number of urea groups is 1. The topological polar surface area (TPSA) is 131 Å². The predicted molar refractivity (Wildman–Crippen MR) is 147 cm³/mol. The summed E-state index contributed by atoms with van der Waals surface area (Å²) in [6, 6.07) is 5.81. The Labute approximate surface area is 227 Å². The molecule has 0 saturated heterocycles. The number of para-hydroxylation sites is 1. The number of amides is 3. The number of hydrogen-bond acceptors (Lipinski definition) is 6. The molecule has 38 heavy (non-hydrogen) atoms. The molecule has 0 atom stereocenters. The number of hydrogen-bond donors (Lipinski definition) is 3. The maximum atomic E-state index is 13.4. The lowest BCUT2D eigenvalue weighted by atomic mass is 9.86. The highest BCUT2D eigenvalue weighted by molar-refractivity contribution is 6.30. The molecule has 1 saturated carbocycles. The molecule has 2 aromatic rings. The Bertz CT molecular complexity index is 1230. The zero-order valence-electron chi connectivity index (χ0n) is 22.4. The third-order valence-corrected chi connectivity index (χ3v) is 6.67. The molecule has 11 heteroatoms. The molecule has 1 aliphatic rings. The molecule has 1 aliphatic carbocycles. The SMILES string of the molecule is COC(=O)c1ccccc1NC(=O)Cn1c(CCC2CCCCC2)c(Cl)nc(NC(=O)NC(C)(C)C)c1=O. The Kier molecular flexibility index (Phi) is 9.90. The molecule has 206 valence electrons. The van der Waals surface area contributed by atoms with Crippen molar-refractivity contribution in [2.45, 2.75) is 77.8 Å². The number of halogens is 1. The number of anilines is 2. The largest absolute Gasteiger partial charge is 0.465 e. The van der Waals surface area contributed by atoms with Crippen LogP contribution in [-0.4, -0.2) is 40.1 Å². The Hall–Kier alpha value is -3.40. The zero-order valence-corrected chi connectivity index (χ0v) is 23.1. The van der Waals surface area contributed by atoms with Gasteiger partial charge >= 0.3 is 12.0 Å². The summed E-state index contributed by atoms with van der Waals surface area (Å²) < 4.78 is 6.04. The van der Waals surface area contributed by atoms with Crippen molar-refractivity contribution in [1.29, 1.82) is 0 Å². The van der Waals surface area contributed by atoms with Gasteiger partial charge in [-0.15, -0.1) is 0 Å². The van der Waals surface area contributed by atoms with E-state index in [0.717, 1.165) is 19.3 Å². The number of rotatable bonds is 8. The van der Waals surface area contributed by atoms with Gasteiger partial charge in [0, 0.05) is 5.54 Å². The highest BCUT2D eigenvalue weighted by atomic mass is 35.5. The third kappa shape index (κ3) is 8.05. The van der Waals surface area contributed by atoms with E-state index in [0.29, 0.717) is 18.0 Å². The molecule has 0 spiro atoms. The summed E-state index contributed by atoms with van der Waals surface area (Å²) in [5.74, 6) is -0.912. The van der Waals surface area contributed by atoms with E-state index in [2.05, 4.69) is 20.9 Å². The Morgan fingerprint density at radius 3 is 2.45 bits per heavy atom. The highest BCUT2D eigenvalue weighted by Gasteiger charge is 2.23. The van der Waals surface area contributed by atoms with Crippen LogP contribution in [0.25, 0.3) is 0 Å². The minimum Gasteiger partial charge on any atom is -0.465 e. The first-order valence-corrected chi connectivity index (χ1v) is 13.2. The van der Waals surface area contributed by atoms with Crippen LogP contribution in [0.3, 0.4) is 0 Å². The molecular formula is C27H36ClN5O5. The second-order valence-corrected chi connectivity index (χ2v) is 10.9. The number of nitrogens with zero attached hydrogens (tertiary/aromatic N) is 2. The first kappa shape index (κ1) is 29.2. The Balaban J connectivity index is 1.91. The van der Waals surface area contributed by atoms with Crippen LogP contribution in [0.4, 0.5) is 16.3 Å². The number of carbonyl (C=O) groups is 3. The lowest BCUT2D eigenvalue weighted by Crippen LogP contribution is -2.44. The average Bonchev–Trinajstić information content (AvgIpc) is 2.86. The van der Waals surface area contributed by atoms with Gasteiger partial charge in [0.1, 0.15) is 6.54 Å². The lowest BCUT2D eigenvalue weighted by molar-refractivity contribution is -0.116. The van der Waals surface area contributed by atoms with Crippen LogP contribution >= 0.6 is 11.6 Å². The zero-order chi connectivity index (χ0) is 27.9. The Morgan fingerprint density at radius 1 is 1.11 bits per heavy atom. The molecule has 0 radical (unpaired) electrons. The number of nitrogens with one attached hydrogen (secondary N) is 3. The molecule has 1 aromatic heterocycles. The van der Waals surface area contributed by atoms with Crippen molar-refractivity contribution in [2.24, 2.45) is 5.92 Å². The second-order valence-electron chi connectivity index (χ2n) is 10.5. The molecule has 10 nitrogen and oxygen atoms in total. The summed E-state index contributed by atoms with van der Waals surface area (Å²) in [6.07, 6.45) is 7.10. The first-order valence-electron chi connectivity index (χ1n) is 12.8. The maximum absolute atomic E-state index is 13.4. The van der Waals surface area contributed by atoms with E-state index in [1.54, 1.807) is 39.0 Å². The van der Waals surface area contributed by atoms with Crippen LogP contribution in [0.2, 0.25) is 5.15 Å². The molecule has 1 fully saturated rings. The fourth-order valence-corrected chi connectivity index (χ4v) is 4.85. The average molecular weight is 546 g/mol. The van der Waals surface area contributed by atoms with E-state index in [1.165, 1.54) is 37.0 Å². The van der Waals surface area contributed by atoms with Gasteiger partial charge in [-0.1, -0.05) is 55.8 Å². The van der Waals surface area contributed by atoms with Crippen molar-refractivity contribution in [3.63, 3.8) is 0 Å². The lowest BCUT2D eigenvalue weighted by Gasteiger charge is -2.23. The van der Waals surface area contributed by atoms with Crippen molar-refractivity contribution in [3.05, 3.63) is 51.0 Å². The summed E-state index contributed by atoms with van der Waals surface area (Å²) in [5.41, 5.74) is -0.319. The van der Waals surface area contributed by atoms with E-state index in [-0.39, 0.29) is 28.8 Å². The number of ether oxygens (including phenoxy) is 1. The summed E-state index contributed by atoms with van der Waals surface area (Å²) in [7, 11) is 1.25. The van der Waals surface area contributed by atoms with Crippen molar-refractivity contribution < 1.29 is 19.1 Å². The van der Waals surface area contributed by atoms with Gasteiger partial charge in [0.15, 0.2) is 5.15 Å². The fourth-order valence-electron chi connectivity index (χ4n) is 4.57. The number of methoxy groups -OCH3 is 1. The normalized spacial score (nSPS) is 14.0. The molecule has 0 unspecified atom stereocenters. The molecule has 0 bridgehead atoms. The number of carbonyl (C=O) groups excluding carboxylic acids is 3. The van der Waals surface area contributed by atoms with Gasteiger partial charge in [0.25, 0.3) is 5.56 Å². The third-order valence-electron chi connectivity index (χ3n) is 6.36. The highest BCUT2D eigenvalue weighted by Crippen LogP contribution is 2.28. The van der Waals surface area contributed by atoms with E-state index in [1.807, 2.05) is 0 Å². The number of esters is 1. The number of aromatic nitrogens is 2. The van der Waals surface area contributed by atoms with Crippen molar-refractivity contribution in [1.82, 2.24) is 14.9 Å². The van der Waals surface area contributed by atoms with E-state index >= 15 is 0 Å². The summed E-state index contributed by atoms with van der Waals surface area (Å²) in [6.45, 7) is 5.02. The maximum Gasteiger partial charge on any atom is 0.339 e. The van der Waals surface area contributed by atoms with Gasteiger partial charge in [-0.2, -0.15) is 0 Å². The second kappa shape index (κ2) is 12.9. The first-order chi connectivity index (χ1) is 18.0. The van der Waals surface area contributed by atoms with Crippen molar-refractivity contribution in [3.8, 4) is 0 Å². The van der Waals surface area contributed by atoms with Gasteiger partial charge < -0.3 is 15.4 Å². The smallest absolute Gasteiger partial charge is 0.339 e. The van der Waals surface area contributed by atoms with Crippen LogP contribution in [0.5, 0.6) is 0 Å². The van der Waals surface area contributed by atoms with Gasteiger partial charge in [-0.3, -0.25) is 19.5 Å². The molecule has 3 rings (SSSR count). The standard InChI is InChI=1S/C27H36ClN5O5/c1-27(2,3)32-26(37)31-23-24(35)33(20(22(28)30-23)15-14-17-10-6-5-7-11-17)16-21(34)29-19-13-9-8-12-18(19)25(36)38-4/h8-9,12-13,17H,5-7,10-11,14-16H2,1-4H3,(H,29,34)(H2,30,31,32,37). The monoisotopic (exact) mass is 545 g/mol. The summed E-state index contributed by atoms with van der Waals surface area (Å²) in [4.78, 5) is 55.3. The van der Waals surface area contributed by atoms with E-state index < -0.39 is 29.0 Å². The summed E-state index contributed by atoms with van der Waals surface area (Å²) >= 11 is 6.53. The van der Waals surface area contributed by atoms with Crippen LogP contribution in [0.1, 0.15) is 75.3 Å². The molecule has 0 aliphatic heterocycles. The molecule has 3 amide bonds. The van der Waals surface area contributed by atoms with E-state index in [9.17, 15) is 19.2 Å². The van der Waals surface area contributed by atoms with Crippen molar-refractivity contribution in [2.75, 3.05) is 17.7 Å². The number of benzene rings is 1. The minimum absolute atomic E-state index is 0.0502. The van der Waals surface area contributed by atoms with Crippen LogP contribution < -0.4 is 21.5 Å². The molecule has 3 N–H and O–H groups in total. The quantitative estimate of drug-likeness (QED) is 0.410. The van der Waals surface area contributed by atoms with Gasteiger partial charge in [-0.05, 0) is 51.7 Å².